The van der Waals surface area contributed by atoms with E-state index >= 15 is 0 Å². The van der Waals surface area contributed by atoms with Gasteiger partial charge in [-0.1, -0.05) is 15.9 Å². The van der Waals surface area contributed by atoms with E-state index in [0.29, 0.717) is 0 Å². The summed E-state index contributed by atoms with van der Waals surface area (Å²) >= 11 is 2.99. The molecule has 0 aromatic rings. The van der Waals surface area contributed by atoms with E-state index in [-0.39, 0.29) is 6.54 Å². The van der Waals surface area contributed by atoms with Crippen LogP contribution in [0, 0.1) is 0 Å². The Morgan fingerprint density at radius 2 is 2.40 bits per heavy atom. The molecular formula is C6H8BrF2N. The lowest BCUT2D eigenvalue weighted by Gasteiger charge is -2.29. The molecule has 0 fully saturated rings. The molecule has 1 aliphatic rings. The number of nitrogens with zero attached hydrogens (tertiary/aromatic N) is 1. The van der Waals surface area contributed by atoms with Crippen LogP contribution in [-0.2, 0) is 0 Å². The number of hydrogen-bond acceptors (Lipinski definition) is 1. The molecule has 1 rings (SSSR count). The summed E-state index contributed by atoms with van der Waals surface area (Å²) < 4.78 is 25.8. The predicted octanol–water partition coefficient (Wildman–Crippen LogP) is 1.90. The standard InChI is InChI=1S/C6H8BrF2N/c1-6(9)4(7)2-10-3-5(6)8/h2,4-5H,3H2,1H3. The maximum atomic E-state index is 13.1. The molecule has 0 aromatic heterocycles. The molecule has 4 heteroatoms. The van der Waals surface area contributed by atoms with Gasteiger partial charge in [0.1, 0.15) is 0 Å². The maximum absolute atomic E-state index is 13.1. The Kier molecular flexibility index (Phi) is 2.08. The average Bonchev–Trinajstić information content (AvgIpc) is 1.84. The Morgan fingerprint density at radius 3 is 2.80 bits per heavy atom. The Morgan fingerprint density at radius 1 is 1.80 bits per heavy atom. The van der Waals surface area contributed by atoms with Crippen LogP contribution < -0.4 is 0 Å². The number of rotatable bonds is 0. The molecule has 1 aliphatic heterocycles. The smallest absolute Gasteiger partial charge is 0.158 e. The molecule has 0 N–H and O–H groups in total. The van der Waals surface area contributed by atoms with Crippen LogP contribution in [0.5, 0.6) is 0 Å². The summed E-state index contributed by atoms with van der Waals surface area (Å²) in [5.41, 5.74) is -1.80. The second-order valence-electron chi connectivity index (χ2n) is 2.53. The van der Waals surface area contributed by atoms with Crippen molar-refractivity contribution >= 4 is 22.1 Å². The molecule has 0 radical (unpaired) electrons. The van der Waals surface area contributed by atoms with Crippen molar-refractivity contribution in [3.8, 4) is 0 Å². The first kappa shape index (κ1) is 8.11. The lowest BCUT2D eigenvalue weighted by atomic mass is 9.97. The van der Waals surface area contributed by atoms with Crippen molar-refractivity contribution in [3.05, 3.63) is 0 Å². The first-order chi connectivity index (χ1) is 4.55. The van der Waals surface area contributed by atoms with Gasteiger partial charge in [-0.25, -0.2) is 8.78 Å². The highest BCUT2D eigenvalue weighted by molar-refractivity contribution is 9.10. The van der Waals surface area contributed by atoms with Gasteiger partial charge in [-0.15, -0.1) is 0 Å². The van der Waals surface area contributed by atoms with Crippen molar-refractivity contribution in [2.24, 2.45) is 4.99 Å². The minimum absolute atomic E-state index is 0.0604. The molecule has 0 saturated heterocycles. The lowest BCUT2D eigenvalue weighted by Crippen LogP contribution is -2.45. The molecule has 0 bridgehead atoms. The fraction of sp³-hybridized carbons (Fsp3) is 0.833. The van der Waals surface area contributed by atoms with E-state index in [2.05, 4.69) is 20.9 Å². The summed E-state index contributed by atoms with van der Waals surface area (Å²) in [6, 6.07) is 0. The van der Waals surface area contributed by atoms with Crippen molar-refractivity contribution in [1.82, 2.24) is 0 Å². The zero-order valence-corrected chi connectivity index (χ0v) is 7.11. The highest BCUT2D eigenvalue weighted by Crippen LogP contribution is 2.30. The van der Waals surface area contributed by atoms with Gasteiger partial charge in [0.15, 0.2) is 11.8 Å². The van der Waals surface area contributed by atoms with E-state index in [0.717, 1.165) is 0 Å². The minimum atomic E-state index is -1.80. The summed E-state index contributed by atoms with van der Waals surface area (Å²) in [5.74, 6) is 0. The van der Waals surface area contributed by atoms with E-state index < -0.39 is 16.7 Å². The summed E-state index contributed by atoms with van der Waals surface area (Å²) in [5, 5.41) is 0. The van der Waals surface area contributed by atoms with Gasteiger partial charge in [0, 0.05) is 6.21 Å². The fourth-order valence-corrected chi connectivity index (χ4v) is 1.20. The molecule has 10 heavy (non-hydrogen) atoms. The minimum Gasteiger partial charge on any atom is -0.293 e. The van der Waals surface area contributed by atoms with E-state index in [9.17, 15) is 8.78 Å². The van der Waals surface area contributed by atoms with E-state index in [1.165, 1.54) is 13.1 Å². The van der Waals surface area contributed by atoms with Gasteiger partial charge < -0.3 is 0 Å². The van der Waals surface area contributed by atoms with Crippen LogP contribution in [0.2, 0.25) is 0 Å². The third-order valence-corrected chi connectivity index (χ3v) is 2.79. The van der Waals surface area contributed by atoms with E-state index in [1.54, 1.807) is 0 Å². The quantitative estimate of drug-likeness (QED) is 0.544. The van der Waals surface area contributed by atoms with Gasteiger partial charge in [0.05, 0.1) is 11.4 Å². The van der Waals surface area contributed by atoms with Crippen molar-refractivity contribution in [2.45, 2.75) is 23.6 Å². The molecular weight excluding hydrogens is 204 g/mol. The number of halogens is 3. The average molecular weight is 212 g/mol. The van der Waals surface area contributed by atoms with Crippen LogP contribution in [0.1, 0.15) is 6.92 Å². The van der Waals surface area contributed by atoms with Gasteiger partial charge in [0.25, 0.3) is 0 Å². The number of hydrogen-bond donors (Lipinski definition) is 0. The van der Waals surface area contributed by atoms with Gasteiger partial charge in [0.2, 0.25) is 0 Å². The number of aliphatic imine (C=N–C) groups is 1. The van der Waals surface area contributed by atoms with Crippen LogP contribution >= 0.6 is 15.9 Å². The number of alkyl halides is 3. The molecule has 58 valence electrons. The Balaban J connectivity index is 2.78. The molecule has 0 amide bonds. The fourth-order valence-electron chi connectivity index (χ4n) is 0.743. The van der Waals surface area contributed by atoms with Crippen molar-refractivity contribution in [3.63, 3.8) is 0 Å². The van der Waals surface area contributed by atoms with Crippen LogP contribution in [0.4, 0.5) is 8.78 Å². The topological polar surface area (TPSA) is 12.4 Å². The maximum Gasteiger partial charge on any atom is 0.158 e. The Labute approximate surface area is 66.7 Å². The van der Waals surface area contributed by atoms with Gasteiger partial charge in [-0.2, -0.15) is 0 Å². The highest BCUT2D eigenvalue weighted by Gasteiger charge is 2.42. The monoisotopic (exact) mass is 211 g/mol. The zero-order valence-electron chi connectivity index (χ0n) is 5.52. The van der Waals surface area contributed by atoms with Gasteiger partial charge in [-0.05, 0) is 6.92 Å². The molecule has 1 nitrogen and oxygen atoms in total. The van der Waals surface area contributed by atoms with Crippen LogP contribution in [0.25, 0.3) is 0 Å². The van der Waals surface area contributed by atoms with Crippen LogP contribution in [0.15, 0.2) is 4.99 Å². The molecule has 3 unspecified atom stereocenters. The van der Waals surface area contributed by atoms with Gasteiger partial charge >= 0.3 is 0 Å². The normalized spacial score (nSPS) is 47.6. The molecule has 1 heterocycles. The summed E-state index contributed by atoms with van der Waals surface area (Å²) in [6.07, 6.45) is -0.0855. The van der Waals surface area contributed by atoms with E-state index in [1.807, 2.05) is 0 Å². The SMILES string of the molecule is CC1(F)C(Br)C=NCC1F. The third kappa shape index (κ3) is 1.21. The highest BCUT2D eigenvalue weighted by atomic mass is 79.9. The summed E-state index contributed by atoms with van der Waals surface area (Å²) in [4.78, 5) is 3.05. The molecule has 0 aromatic carbocycles. The molecule has 0 aliphatic carbocycles. The molecule has 0 spiro atoms. The molecule has 0 saturated carbocycles. The third-order valence-electron chi connectivity index (χ3n) is 1.65. The second-order valence-corrected chi connectivity index (χ2v) is 3.52. The van der Waals surface area contributed by atoms with E-state index in [4.69, 9.17) is 0 Å². The second kappa shape index (κ2) is 2.57. The zero-order chi connectivity index (χ0) is 7.78. The van der Waals surface area contributed by atoms with Crippen molar-refractivity contribution in [2.75, 3.05) is 6.54 Å². The Hall–Kier alpha value is 0.01000. The van der Waals surface area contributed by atoms with Crippen LogP contribution in [-0.4, -0.2) is 29.4 Å². The van der Waals surface area contributed by atoms with Crippen molar-refractivity contribution in [1.29, 1.82) is 0 Å². The van der Waals surface area contributed by atoms with Gasteiger partial charge in [-0.3, -0.25) is 4.99 Å². The first-order valence-electron chi connectivity index (χ1n) is 3.02. The molecule has 3 atom stereocenters. The predicted molar refractivity (Wildman–Crippen MR) is 40.5 cm³/mol. The van der Waals surface area contributed by atoms with Crippen LogP contribution in [0.3, 0.4) is 0 Å². The lowest BCUT2D eigenvalue weighted by molar-refractivity contribution is 0.0814. The summed E-state index contributed by atoms with van der Waals surface area (Å²) in [6.45, 7) is 1.18. The summed E-state index contributed by atoms with van der Waals surface area (Å²) in [7, 11) is 0. The largest absolute Gasteiger partial charge is 0.293 e. The Bertz CT molecular complexity index is 158. The van der Waals surface area contributed by atoms with Crippen molar-refractivity contribution < 1.29 is 8.78 Å². The first-order valence-corrected chi connectivity index (χ1v) is 3.93.